The van der Waals surface area contributed by atoms with Gasteiger partial charge in [-0.05, 0) is 150 Å². The second-order valence-electron chi connectivity index (χ2n) is 11.2. The van der Waals surface area contributed by atoms with Crippen LogP contribution in [0.1, 0.15) is 33.4 Å². The van der Waals surface area contributed by atoms with Gasteiger partial charge >= 0.3 is 8.25 Å². The maximum atomic E-state index is 15.4. The Bertz CT molecular complexity index is 1980. The van der Waals surface area contributed by atoms with Gasteiger partial charge < -0.3 is 10.2 Å². The lowest BCUT2D eigenvalue weighted by Gasteiger charge is -2.40. The van der Waals surface area contributed by atoms with Crippen LogP contribution in [0, 0.1) is 0 Å². The molecule has 0 aliphatic carbocycles. The molecule has 0 spiro atoms. The van der Waals surface area contributed by atoms with E-state index in [1.54, 1.807) is 0 Å². The smallest absolute Gasteiger partial charge is 0.322 e. The summed E-state index contributed by atoms with van der Waals surface area (Å²) in [5.74, 6) is -0.0985. The molecule has 0 saturated heterocycles. The third-order valence-electron chi connectivity index (χ3n) is 8.38. The Morgan fingerprint density at radius 3 is 0.808 bits per heavy atom. The average molecular weight is 1230 g/mol. The maximum absolute atomic E-state index is 15.4. The Morgan fingerprint density at radius 1 is 0.385 bits per heavy atom. The van der Waals surface area contributed by atoms with Gasteiger partial charge in [0.15, 0.2) is 11.2 Å². The van der Waals surface area contributed by atoms with Crippen LogP contribution in [0.2, 0.25) is 0 Å². The summed E-state index contributed by atoms with van der Waals surface area (Å²) < 4.78 is 32.7. The number of phenolic OH excluding ortho intramolecular Hbond substituents is 2. The van der Waals surface area contributed by atoms with Crippen molar-refractivity contribution >= 4 is 136 Å². The Labute approximate surface area is 368 Å². The monoisotopic (exact) mass is 1220 g/mol. The topological polar surface area (TPSA) is 76.0 Å². The second-order valence-corrected chi connectivity index (χ2v) is 18.5. The fourth-order valence-corrected chi connectivity index (χ4v) is 12.6. The van der Waals surface area contributed by atoms with Crippen molar-refractivity contribution in [3.63, 3.8) is 0 Å². The predicted molar refractivity (Wildman–Crippen MR) is 235 cm³/mol. The number of hydrogen-bond donors (Lipinski definition) is 2. The number of hydrogen-bond acceptors (Lipinski definition) is 5. The molecule has 5 nitrogen and oxygen atoms in total. The molecule has 2 N–H and O–H groups in total. The van der Waals surface area contributed by atoms with Gasteiger partial charge in [-0.15, -0.1) is 0 Å². The number of rotatable bonds is 10. The molecular formula is C38H23Br8O5P. The first kappa shape index (κ1) is 40.6. The molecule has 0 fully saturated rings. The Morgan fingerprint density at radius 2 is 0.596 bits per heavy atom. The quantitative estimate of drug-likeness (QED) is 0.0812. The van der Waals surface area contributed by atoms with Crippen LogP contribution in [-0.2, 0) is 24.8 Å². The summed E-state index contributed by atoms with van der Waals surface area (Å²) in [7, 11) is -3.64. The lowest BCUT2D eigenvalue weighted by molar-refractivity contribution is 0.0814. The zero-order chi connectivity index (χ0) is 37.4. The van der Waals surface area contributed by atoms with E-state index < -0.39 is 19.5 Å². The van der Waals surface area contributed by atoms with Crippen molar-refractivity contribution in [1.29, 1.82) is 0 Å². The van der Waals surface area contributed by atoms with Gasteiger partial charge in [-0.25, -0.2) is 0 Å². The summed E-state index contributed by atoms with van der Waals surface area (Å²) in [6.45, 7) is 0. The Hall–Kier alpha value is -1.09. The molecule has 6 aromatic carbocycles. The third kappa shape index (κ3) is 7.20. The summed E-state index contributed by atoms with van der Waals surface area (Å²) in [5, 5.41) is 22.0. The number of phenols is 2. The van der Waals surface area contributed by atoms with E-state index in [9.17, 15) is 10.2 Å². The van der Waals surface area contributed by atoms with E-state index in [1.807, 2.05) is 121 Å². The zero-order valence-corrected chi connectivity index (χ0v) is 39.9. The molecule has 0 radical (unpaired) electrons. The average Bonchev–Trinajstić information content (AvgIpc) is 3.18. The van der Waals surface area contributed by atoms with Crippen LogP contribution in [0.5, 0.6) is 11.5 Å². The Kier molecular flexibility index (Phi) is 13.2. The fourth-order valence-electron chi connectivity index (χ4n) is 6.07. The molecule has 52 heavy (non-hydrogen) atoms. The van der Waals surface area contributed by atoms with Crippen molar-refractivity contribution in [2.24, 2.45) is 0 Å². The molecule has 6 aromatic rings. The highest BCUT2D eigenvalue weighted by Crippen LogP contribution is 2.60. The van der Waals surface area contributed by atoms with Crippen LogP contribution < -0.4 is 0 Å². The minimum atomic E-state index is -3.64. The number of aromatic hydroxyl groups is 2. The molecule has 0 heterocycles. The molecule has 0 bridgehead atoms. The third-order valence-corrected chi connectivity index (χ3v) is 17.7. The summed E-state index contributed by atoms with van der Waals surface area (Å²) in [5.41, 5.74) is 0.357. The molecule has 0 unspecified atom stereocenters. The molecular weight excluding hydrogens is 1210 g/mol. The predicted octanol–water partition coefficient (Wildman–Crippen LogP) is 14.9. The van der Waals surface area contributed by atoms with Crippen LogP contribution in [0.3, 0.4) is 0 Å². The van der Waals surface area contributed by atoms with Gasteiger partial charge in [0.1, 0.15) is 11.5 Å². The van der Waals surface area contributed by atoms with Gasteiger partial charge in [0.2, 0.25) is 0 Å². The van der Waals surface area contributed by atoms with E-state index >= 15 is 4.57 Å². The van der Waals surface area contributed by atoms with Crippen molar-refractivity contribution in [2.45, 2.75) is 11.2 Å². The molecule has 0 amide bonds. The summed E-state index contributed by atoms with van der Waals surface area (Å²) in [6, 6.07) is 37.6. The highest BCUT2D eigenvalue weighted by atomic mass is 79.9. The summed E-state index contributed by atoms with van der Waals surface area (Å²) >= 11 is 29.1. The zero-order valence-electron chi connectivity index (χ0n) is 26.2. The lowest BCUT2D eigenvalue weighted by Crippen LogP contribution is -2.35. The summed E-state index contributed by atoms with van der Waals surface area (Å²) in [4.78, 5) is 0. The van der Waals surface area contributed by atoms with Crippen LogP contribution in [0.15, 0.2) is 157 Å². The number of benzene rings is 6. The van der Waals surface area contributed by atoms with E-state index in [0.717, 1.165) is 0 Å². The van der Waals surface area contributed by atoms with E-state index in [2.05, 4.69) is 127 Å². The van der Waals surface area contributed by atoms with Crippen molar-refractivity contribution < 1.29 is 23.8 Å². The first-order valence-electron chi connectivity index (χ1n) is 15.1. The summed E-state index contributed by atoms with van der Waals surface area (Å²) in [6.07, 6.45) is 0. The van der Waals surface area contributed by atoms with E-state index in [1.165, 1.54) is 0 Å². The van der Waals surface area contributed by atoms with Crippen LogP contribution in [-0.4, -0.2) is 10.2 Å². The van der Waals surface area contributed by atoms with E-state index in [0.29, 0.717) is 69.2 Å². The highest BCUT2D eigenvalue weighted by molar-refractivity contribution is 9.14. The van der Waals surface area contributed by atoms with E-state index in [4.69, 9.17) is 9.05 Å². The standard InChI is InChI=1S/C38H23Br8O5P/c39-27-25(28(40)32(44)35(47)31(27)43)37(21-13-5-1-6-14-21,22-15-7-2-8-16-22)50-52(49)51-38(23-17-9-3-10-18-23,24-19-11-4-12-20-24)26-29(41)33(45)36(48)34(46)30(26)42/h1-20,47-48,52H. The molecule has 6 rings (SSSR count). The molecule has 0 aromatic heterocycles. The van der Waals surface area contributed by atoms with E-state index in [-0.39, 0.29) is 11.5 Å². The van der Waals surface area contributed by atoms with Crippen molar-refractivity contribution in [3.05, 3.63) is 190 Å². The van der Waals surface area contributed by atoms with Gasteiger partial charge in [0, 0.05) is 29.0 Å². The molecule has 0 aliphatic rings. The maximum Gasteiger partial charge on any atom is 0.322 e. The van der Waals surface area contributed by atoms with Gasteiger partial charge in [-0.2, -0.15) is 0 Å². The van der Waals surface area contributed by atoms with Gasteiger partial charge in [-0.1, -0.05) is 121 Å². The second kappa shape index (κ2) is 17.0. The van der Waals surface area contributed by atoms with Crippen molar-refractivity contribution in [2.75, 3.05) is 0 Å². The fraction of sp³-hybridized carbons (Fsp3) is 0.0526. The molecule has 0 atom stereocenters. The van der Waals surface area contributed by atoms with Crippen LogP contribution in [0.25, 0.3) is 0 Å². The normalized spacial score (nSPS) is 12.0. The molecule has 0 aliphatic heterocycles. The SMILES string of the molecule is O=[PH](OC(c1ccccc1)(c1ccccc1)c1c(Br)c(Br)c(O)c(Br)c1Br)OC(c1ccccc1)(c1ccccc1)c1c(Br)c(Br)c(O)c(Br)c1Br. The lowest BCUT2D eigenvalue weighted by atomic mass is 9.80. The van der Waals surface area contributed by atoms with Gasteiger partial charge in [0.05, 0.1) is 17.9 Å². The van der Waals surface area contributed by atoms with Crippen molar-refractivity contribution in [3.8, 4) is 11.5 Å². The molecule has 14 heteroatoms. The first-order valence-corrected chi connectivity index (χ1v) is 22.7. The van der Waals surface area contributed by atoms with Gasteiger partial charge in [-0.3, -0.25) is 13.6 Å². The molecule has 266 valence electrons. The minimum absolute atomic E-state index is 0.0493. The highest BCUT2D eigenvalue weighted by Gasteiger charge is 2.48. The van der Waals surface area contributed by atoms with Crippen molar-refractivity contribution in [1.82, 2.24) is 0 Å². The van der Waals surface area contributed by atoms with Crippen LogP contribution >= 0.6 is 136 Å². The Balaban J connectivity index is 1.70. The largest absolute Gasteiger partial charge is 0.505 e. The van der Waals surface area contributed by atoms with Gasteiger partial charge in [0.25, 0.3) is 0 Å². The van der Waals surface area contributed by atoms with Crippen LogP contribution in [0.4, 0.5) is 0 Å². The molecule has 0 saturated carbocycles. The minimum Gasteiger partial charge on any atom is -0.505 e. The first-order chi connectivity index (χ1) is 24.9. The number of halogens is 8.